The van der Waals surface area contributed by atoms with Crippen LogP contribution in [0.1, 0.15) is 5.69 Å². The van der Waals surface area contributed by atoms with E-state index in [-0.39, 0.29) is 0 Å². The Kier molecular flexibility index (Phi) is 5.37. The summed E-state index contributed by atoms with van der Waals surface area (Å²) in [6.45, 7) is 0.369. The van der Waals surface area contributed by atoms with E-state index in [1.165, 1.54) is 0 Å². The predicted octanol–water partition coefficient (Wildman–Crippen LogP) is 5.23. The zero-order valence-electron chi connectivity index (χ0n) is 9.75. The molecule has 0 saturated heterocycles. The molecule has 19 heavy (non-hydrogen) atoms. The zero-order valence-corrected chi connectivity index (χ0v) is 15.3. The monoisotopic (exact) mass is 468 g/mol. The van der Waals surface area contributed by atoms with E-state index in [1.807, 2.05) is 18.2 Å². The molecule has 0 fully saturated rings. The van der Waals surface area contributed by atoms with Gasteiger partial charge in [-0.05, 0) is 66.0 Å². The molecule has 1 aromatic heterocycles. The SMILES string of the molecule is COCc1nc(-c2ccc(Br)c(Br)c2)nc(Cl)c1Br. The van der Waals surface area contributed by atoms with Gasteiger partial charge in [-0.3, -0.25) is 0 Å². The molecule has 2 aromatic rings. The summed E-state index contributed by atoms with van der Waals surface area (Å²) >= 11 is 16.3. The number of rotatable bonds is 3. The zero-order chi connectivity index (χ0) is 14.0. The Bertz CT molecular complexity index is 622. The topological polar surface area (TPSA) is 35.0 Å². The predicted molar refractivity (Wildman–Crippen MR) is 86.3 cm³/mol. The van der Waals surface area contributed by atoms with E-state index in [1.54, 1.807) is 7.11 Å². The summed E-state index contributed by atoms with van der Waals surface area (Å²) in [7, 11) is 1.61. The molecular weight excluding hydrogens is 463 g/mol. The molecule has 2 rings (SSSR count). The van der Waals surface area contributed by atoms with Gasteiger partial charge in [0.05, 0.1) is 16.8 Å². The van der Waals surface area contributed by atoms with Crippen LogP contribution in [0.2, 0.25) is 5.15 Å². The molecule has 0 aliphatic rings. The van der Waals surface area contributed by atoms with Crippen molar-refractivity contribution in [3.05, 3.63) is 42.5 Å². The fraction of sp³-hybridized carbons (Fsp3) is 0.167. The highest BCUT2D eigenvalue weighted by Gasteiger charge is 2.12. The number of aromatic nitrogens is 2. The number of nitrogens with zero attached hydrogens (tertiary/aromatic N) is 2. The van der Waals surface area contributed by atoms with Gasteiger partial charge in [0.25, 0.3) is 0 Å². The van der Waals surface area contributed by atoms with E-state index >= 15 is 0 Å². The van der Waals surface area contributed by atoms with Crippen LogP contribution in [0.3, 0.4) is 0 Å². The van der Waals surface area contributed by atoms with Crippen molar-refractivity contribution < 1.29 is 4.74 Å². The quantitative estimate of drug-likeness (QED) is 0.575. The highest BCUT2D eigenvalue weighted by molar-refractivity contribution is 9.13. The fourth-order valence-corrected chi connectivity index (χ4v) is 2.57. The van der Waals surface area contributed by atoms with Crippen molar-refractivity contribution in [3.8, 4) is 11.4 Å². The summed E-state index contributed by atoms with van der Waals surface area (Å²) in [6.07, 6.45) is 0. The summed E-state index contributed by atoms with van der Waals surface area (Å²) in [5.74, 6) is 0.563. The molecule has 100 valence electrons. The molecule has 0 aliphatic heterocycles. The maximum atomic E-state index is 6.10. The summed E-state index contributed by atoms with van der Waals surface area (Å²) in [4.78, 5) is 8.73. The van der Waals surface area contributed by atoms with Gasteiger partial charge in [-0.1, -0.05) is 11.6 Å². The second-order valence-electron chi connectivity index (χ2n) is 3.66. The van der Waals surface area contributed by atoms with Crippen molar-refractivity contribution >= 4 is 59.4 Å². The third-order valence-corrected chi connectivity index (χ3v) is 5.55. The summed E-state index contributed by atoms with van der Waals surface area (Å²) in [5, 5.41) is 0.371. The van der Waals surface area contributed by atoms with Crippen LogP contribution in [0.15, 0.2) is 31.6 Å². The van der Waals surface area contributed by atoms with E-state index in [9.17, 15) is 0 Å². The highest BCUT2D eigenvalue weighted by Crippen LogP contribution is 2.31. The van der Waals surface area contributed by atoms with Crippen LogP contribution in [0.25, 0.3) is 11.4 Å². The fourth-order valence-electron chi connectivity index (χ4n) is 1.46. The lowest BCUT2D eigenvalue weighted by Gasteiger charge is -2.08. The van der Waals surface area contributed by atoms with Gasteiger partial charge < -0.3 is 4.74 Å². The van der Waals surface area contributed by atoms with E-state index in [4.69, 9.17) is 16.3 Å². The first-order valence-corrected chi connectivity index (χ1v) is 7.95. The molecule has 1 aromatic carbocycles. The van der Waals surface area contributed by atoms with Crippen LogP contribution in [-0.4, -0.2) is 17.1 Å². The summed E-state index contributed by atoms with van der Waals surface area (Å²) < 4.78 is 7.67. The molecule has 0 saturated carbocycles. The molecule has 0 amide bonds. The number of halogens is 4. The normalized spacial score (nSPS) is 10.8. The van der Waals surface area contributed by atoms with Crippen molar-refractivity contribution in [1.82, 2.24) is 9.97 Å². The molecule has 0 atom stereocenters. The molecule has 0 bridgehead atoms. The number of methoxy groups -OCH3 is 1. The summed E-state index contributed by atoms with van der Waals surface area (Å²) in [6, 6.07) is 5.78. The number of hydrogen-bond acceptors (Lipinski definition) is 3. The first-order valence-electron chi connectivity index (χ1n) is 5.19. The Labute approximate surface area is 141 Å². The third-order valence-electron chi connectivity index (χ3n) is 2.34. The van der Waals surface area contributed by atoms with Crippen LogP contribution in [-0.2, 0) is 11.3 Å². The molecule has 0 aliphatic carbocycles. The van der Waals surface area contributed by atoms with Crippen LogP contribution in [0.4, 0.5) is 0 Å². The van der Waals surface area contributed by atoms with E-state index in [0.29, 0.717) is 22.1 Å². The average molecular weight is 471 g/mol. The molecule has 3 nitrogen and oxygen atoms in total. The minimum atomic E-state index is 0.369. The van der Waals surface area contributed by atoms with Gasteiger partial charge >= 0.3 is 0 Å². The molecule has 0 unspecified atom stereocenters. The second kappa shape index (κ2) is 6.63. The minimum absolute atomic E-state index is 0.369. The lowest BCUT2D eigenvalue weighted by molar-refractivity contribution is 0.181. The summed E-state index contributed by atoms with van der Waals surface area (Å²) in [5.41, 5.74) is 1.60. The van der Waals surface area contributed by atoms with Gasteiger partial charge in [0.1, 0.15) is 5.15 Å². The molecule has 7 heteroatoms. The molecule has 0 radical (unpaired) electrons. The minimum Gasteiger partial charge on any atom is -0.378 e. The Balaban J connectivity index is 2.52. The number of hydrogen-bond donors (Lipinski definition) is 0. The number of benzene rings is 1. The maximum absolute atomic E-state index is 6.10. The van der Waals surface area contributed by atoms with Gasteiger partial charge in [-0.25, -0.2) is 9.97 Å². The van der Waals surface area contributed by atoms with Crippen LogP contribution >= 0.6 is 59.4 Å². The average Bonchev–Trinajstić information content (AvgIpc) is 2.38. The maximum Gasteiger partial charge on any atom is 0.161 e. The van der Waals surface area contributed by atoms with E-state index in [0.717, 1.165) is 20.2 Å². The first-order chi connectivity index (χ1) is 9.02. The van der Waals surface area contributed by atoms with Gasteiger partial charge in [0.15, 0.2) is 5.82 Å². The van der Waals surface area contributed by atoms with Crippen molar-refractivity contribution in [2.45, 2.75) is 6.61 Å². The van der Waals surface area contributed by atoms with E-state index < -0.39 is 0 Å². The Hall–Kier alpha value is -0.0100. The molecule has 0 N–H and O–H groups in total. The Morgan fingerprint density at radius 1 is 1.16 bits per heavy atom. The standard InChI is InChI=1S/C12H8Br3ClN2O/c1-19-5-9-10(15)11(16)18-12(17-9)6-2-3-7(13)8(14)4-6/h2-4H,5H2,1H3. The largest absolute Gasteiger partial charge is 0.378 e. The lowest BCUT2D eigenvalue weighted by Crippen LogP contribution is -2.00. The molecule has 1 heterocycles. The molecule has 0 spiro atoms. The van der Waals surface area contributed by atoms with Crippen LogP contribution < -0.4 is 0 Å². The second-order valence-corrected chi connectivity index (χ2v) is 6.52. The molecular formula is C12H8Br3ClN2O. The Morgan fingerprint density at radius 2 is 1.89 bits per heavy atom. The highest BCUT2D eigenvalue weighted by atomic mass is 79.9. The third kappa shape index (κ3) is 3.55. The van der Waals surface area contributed by atoms with Crippen LogP contribution in [0.5, 0.6) is 0 Å². The van der Waals surface area contributed by atoms with E-state index in [2.05, 4.69) is 57.8 Å². The van der Waals surface area contributed by atoms with Crippen LogP contribution in [0, 0.1) is 0 Å². The van der Waals surface area contributed by atoms with Crippen molar-refractivity contribution in [3.63, 3.8) is 0 Å². The van der Waals surface area contributed by atoms with Crippen molar-refractivity contribution in [2.24, 2.45) is 0 Å². The van der Waals surface area contributed by atoms with Gasteiger partial charge in [0, 0.05) is 21.6 Å². The smallest absolute Gasteiger partial charge is 0.161 e. The Morgan fingerprint density at radius 3 is 2.53 bits per heavy atom. The van der Waals surface area contributed by atoms with Crippen molar-refractivity contribution in [2.75, 3.05) is 7.11 Å². The van der Waals surface area contributed by atoms with Crippen molar-refractivity contribution in [1.29, 1.82) is 0 Å². The van der Waals surface area contributed by atoms with Gasteiger partial charge in [0.2, 0.25) is 0 Å². The van der Waals surface area contributed by atoms with Gasteiger partial charge in [-0.2, -0.15) is 0 Å². The number of ether oxygens (including phenoxy) is 1. The van der Waals surface area contributed by atoms with Gasteiger partial charge in [-0.15, -0.1) is 0 Å². The lowest BCUT2D eigenvalue weighted by atomic mass is 10.2. The first kappa shape index (κ1) is 15.4.